The molecule has 0 saturated heterocycles. The van der Waals surface area contributed by atoms with E-state index in [4.69, 9.17) is 9.47 Å². The van der Waals surface area contributed by atoms with Crippen LogP contribution in [0.1, 0.15) is 17.9 Å². The van der Waals surface area contributed by atoms with Crippen molar-refractivity contribution in [3.8, 4) is 11.5 Å². The van der Waals surface area contributed by atoms with E-state index in [0.717, 1.165) is 5.56 Å². The third kappa shape index (κ3) is 2.69. The van der Waals surface area contributed by atoms with Crippen molar-refractivity contribution in [2.45, 2.75) is 18.4 Å². The van der Waals surface area contributed by atoms with Crippen molar-refractivity contribution in [2.75, 3.05) is 13.9 Å². The van der Waals surface area contributed by atoms with Crippen LogP contribution in [0.25, 0.3) is 0 Å². The lowest BCUT2D eigenvalue weighted by Crippen LogP contribution is -2.40. The lowest BCUT2D eigenvalue weighted by Gasteiger charge is -2.27. The van der Waals surface area contributed by atoms with Gasteiger partial charge in [-0.1, -0.05) is 12.1 Å². The Labute approximate surface area is 121 Å². The van der Waals surface area contributed by atoms with E-state index in [0.29, 0.717) is 17.9 Å². The molecule has 1 aromatic rings. The van der Waals surface area contributed by atoms with Crippen LogP contribution in [0.5, 0.6) is 11.5 Å². The fourth-order valence-electron chi connectivity index (χ4n) is 2.57. The van der Waals surface area contributed by atoms with Crippen LogP contribution in [-0.4, -0.2) is 31.8 Å². The second-order valence-electron chi connectivity index (χ2n) is 4.91. The van der Waals surface area contributed by atoms with Crippen LogP contribution in [-0.2, 0) is 9.53 Å². The molecule has 2 unspecified atom stereocenters. The first-order valence-corrected chi connectivity index (χ1v) is 6.62. The van der Waals surface area contributed by atoms with Crippen molar-refractivity contribution in [3.05, 3.63) is 35.9 Å². The lowest BCUT2D eigenvalue weighted by atomic mass is 9.83. The number of rotatable bonds is 2. The minimum absolute atomic E-state index is 0.0283. The predicted octanol–water partition coefficient (Wildman–Crippen LogP) is 1.75. The Balaban J connectivity index is 1.88. The quantitative estimate of drug-likeness (QED) is 0.898. The van der Waals surface area contributed by atoms with Crippen LogP contribution in [0.3, 0.4) is 0 Å². The summed E-state index contributed by atoms with van der Waals surface area (Å²) in [6, 6.07) is 5.26. The molecule has 1 aromatic carbocycles. The van der Waals surface area contributed by atoms with Gasteiger partial charge in [0.05, 0.1) is 13.2 Å². The van der Waals surface area contributed by atoms with Crippen LogP contribution in [0.4, 0.5) is 4.79 Å². The number of ether oxygens (including phenoxy) is 3. The van der Waals surface area contributed by atoms with Gasteiger partial charge in [-0.3, -0.25) is 4.79 Å². The Bertz CT molecular complexity index is 610. The molecule has 0 radical (unpaired) electrons. The highest BCUT2D eigenvalue weighted by atomic mass is 16.7. The molecule has 110 valence electrons. The van der Waals surface area contributed by atoms with Gasteiger partial charge in [-0.2, -0.15) is 0 Å². The van der Waals surface area contributed by atoms with Crippen molar-refractivity contribution in [3.63, 3.8) is 0 Å². The van der Waals surface area contributed by atoms with E-state index in [9.17, 15) is 9.59 Å². The summed E-state index contributed by atoms with van der Waals surface area (Å²) in [5, 5.41) is 2.73. The third-order valence-electron chi connectivity index (χ3n) is 3.64. The highest BCUT2D eigenvalue weighted by molar-refractivity contribution is 5.91. The topological polar surface area (TPSA) is 73.9 Å². The molecular formula is C15H15NO5. The Morgan fingerprint density at radius 1 is 1.33 bits per heavy atom. The number of carbonyl (C=O) groups is 2. The van der Waals surface area contributed by atoms with Gasteiger partial charge in [0, 0.05) is 12.3 Å². The van der Waals surface area contributed by atoms with Gasteiger partial charge in [0.25, 0.3) is 0 Å². The second-order valence-corrected chi connectivity index (χ2v) is 4.91. The van der Waals surface area contributed by atoms with E-state index in [1.54, 1.807) is 6.08 Å². The number of nitrogens with one attached hydrogen (secondary N) is 1. The summed E-state index contributed by atoms with van der Waals surface area (Å²) >= 11 is 0. The third-order valence-corrected chi connectivity index (χ3v) is 3.64. The average Bonchev–Trinajstić information content (AvgIpc) is 2.96. The molecule has 6 heteroatoms. The molecule has 0 spiro atoms. The summed E-state index contributed by atoms with van der Waals surface area (Å²) in [5.74, 6) is 1.22. The Hall–Kier alpha value is -2.50. The van der Waals surface area contributed by atoms with Crippen molar-refractivity contribution in [1.29, 1.82) is 0 Å². The highest BCUT2D eigenvalue weighted by Gasteiger charge is 2.29. The fourth-order valence-corrected chi connectivity index (χ4v) is 2.57. The van der Waals surface area contributed by atoms with Gasteiger partial charge in [-0.25, -0.2) is 4.79 Å². The summed E-state index contributed by atoms with van der Waals surface area (Å²) in [5.41, 5.74) is 0.915. The van der Waals surface area contributed by atoms with Crippen LogP contribution >= 0.6 is 0 Å². The van der Waals surface area contributed by atoms with Crippen LogP contribution in [0.15, 0.2) is 30.4 Å². The molecule has 1 aliphatic carbocycles. The number of fused-ring (bicyclic) bond motifs is 1. The molecule has 0 fully saturated rings. The number of allylic oxidation sites excluding steroid dienone is 1. The molecule has 0 aromatic heterocycles. The SMILES string of the molecule is COC(=O)NC1C=CC(=O)CC1c1ccc2c(c1)OCO2. The minimum Gasteiger partial charge on any atom is -0.454 e. The van der Waals surface area contributed by atoms with E-state index < -0.39 is 6.09 Å². The summed E-state index contributed by atoms with van der Waals surface area (Å²) in [6.45, 7) is 0.201. The number of amides is 1. The van der Waals surface area contributed by atoms with Crippen LogP contribution < -0.4 is 14.8 Å². The van der Waals surface area contributed by atoms with Crippen molar-refractivity contribution < 1.29 is 23.8 Å². The molecule has 1 heterocycles. The average molecular weight is 289 g/mol. The Morgan fingerprint density at radius 3 is 2.95 bits per heavy atom. The van der Waals surface area contributed by atoms with Crippen molar-refractivity contribution in [2.24, 2.45) is 0 Å². The summed E-state index contributed by atoms with van der Waals surface area (Å²) in [7, 11) is 1.31. The number of hydrogen-bond acceptors (Lipinski definition) is 5. The van der Waals surface area contributed by atoms with Crippen LogP contribution in [0, 0.1) is 0 Å². The lowest BCUT2D eigenvalue weighted by molar-refractivity contribution is -0.115. The highest BCUT2D eigenvalue weighted by Crippen LogP contribution is 2.37. The summed E-state index contributed by atoms with van der Waals surface area (Å²) in [4.78, 5) is 23.1. The second kappa shape index (κ2) is 5.47. The molecule has 0 saturated carbocycles. The van der Waals surface area contributed by atoms with E-state index in [1.165, 1.54) is 13.2 Å². The molecule has 1 aliphatic heterocycles. The van der Waals surface area contributed by atoms with E-state index >= 15 is 0 Å². The summed E-state index contributed by atoms with van der Waals surface area (Å²) in [6.07, 6.45) is 2.98. The molecule has 1 N–H and O–H groups in total. The minimum atomic E-state index is -0.523. The van der Waals surface area contributed by atoms with E-state index in [-0.39, 0.29) is 24.5 Å². The maximum Gasteiger partial charge on any atom is 0.407 e. The van der Waals surface area contributed by atoms with Gasteiger partial charge < -0.3 is 19.5 Å². The molecule has 2 aliphatic rings. The molecule has 21 heavy (non-hydrogen) atoms. The first kappa shape index (κ1) is 13.5. The number of alkyl carbamates (subject to hydrolysis) is 1. The molecule has 0 bridgehead atoms. The van der Waals surface area contributed by atoms with Gasteiger partial charge >= 0.3 is 6.09 Å². The zero-order chi connectivity index (χ0) is 14.8. The number of benzene rings is 1. The smallest absolute Gasteiger partial charge is 0.407 e. The molecule has 6 nitrogen and oxygen atoms in total. The molecular weight excluding hydrogens is 274 g/mol. The van der Waals surface area contributed by atoms with Gasteiger partial charge in [-0.05, 0) is 23.8 Å². The van der Waals surface area contributed by atoms with Crippen molar-refractivity contribution >= 4 is 11.9 Å². The zero-order valence-electron chi connectivity index (χ0n) is 11.5. The van der Waals surface area contributed by atoms with Gasteiger partial charge in [-0.15, -0.1) is 0 Å². The maximum absolute atomic E-state index is 11.7. The molecule has 1 amide bonds. The van der Waals surface area contributed by atoms with E-state index in [2.05, 4.69) is 10.1 Å². The summed E-state index contributed by atoms with van der Waals surface area (Å²) < 4.78 is 15.3. The van der Waals surface area contributed by atoms with Gasteiger partial charge in [0.2, 0.25) is 6.79 Å². The van der Waals surface area contributed by atoms with Gasteiger partial charge in [0.15, 0.2) is 17.3 Å². The molecule has 2 atom stereocenters. The first-order chi connectivity index (χ1) is 10.2. The first-order valence-electron chi connectivity index (χ1n) is 6.62. The zero-order valence-corrected chi connectivity index (χ0v) is 11.5. The van der Waals surface area contributed by atoms with Crippen molar-refractivity contribution in [1.82, 2.24) is 5.32 Å². The van der Waals surface area contributed by atoms with Gasteiger partial charge in [0.1, 0.15) is 0 Å². The number of carbonyl (C=O) groups excluding carboxylic acids is 2. The standard InChI is InChI=1S/C15H15NO5/c1-19-15(18)16-12-4-3-10(17)7-11(12)9-2-5-13-14(6-9)21-8-20-13/h2-6,11-12H,7-8H2,1H3,(H,16,18). The Morgan fingerprint density at radius 2 is 2.14 bits per heavy atom. The Kier molecular flexibility index (Phi) is 3.51. The number of hydrogen-bond donors (Lipinski definition) is 1. The number of ketones is 1. The normalized spacial score (nSPS) is 23.0. The largest absolute Gasteiger partial charge is 0.454 e. The maximum atomic E-state index is 11.7. The number of methoxy groups -OCH3 is 1. The van der Waals surface area contributed by atoms with Crippen LogP contribution in [0.2, 0.25) is 0 Å². The molecule has 3 rings (SSSR count). The monoisotopic (exact) mass is 289 g/mol. The fraction of sp³-hybridized carbons (Fsp3) is 0.333. The van der Waals surface area contributed by atoms with E-state index in [1.807, 2.05) is 18.2 Å². The predicted molar refractivity (Wildman–Crippen MR) is 73.4 cm³/mol.